The number of nitrogens with one attached hydrogen (secondary N) is 1. The molecule has 0 aliphatic carbocycles. The van der Waals surface area contributed by atoms with E-state index in [1.807, 2.05) is 18.2 Å². The summed E-state index contributed by atoms with van der Waals surface area (Å²) >= 11 is 0. The molecule has 1 aliphatic rings. The smallest absolute Gasteiger partial charge is 0.0642 e. The van der Waals surface area contributed by atoms with Crippen molar-refractivity contribution in [1.82, 2.24) is 0 Å². The normalized spacial score (nSPS) is 15.0. The quantitative estimate of drug-likeness (QED) is 0.847. The fourth-order valence-corrected chi connectivity index (χ4v) is 2.60. The predicted octanol–water partition coefficient (Wildman–Crippen LogP) is 2.72. The lowest BCUT2D eigenvalue weighted by molar-refractivity contribution is 0.123. The molecule has 1 aliphatic heterocycles. The fraction of sp³-hybridized carbons (Fsp3) is 0.294. The molecule has 3 rings (SSSR count). The number of para-hydroxylation sites is 2. The molecule has 0 saturated carbocycles. The first kappa shape index (κ1) is 13.8. The van der Waals surface area contributed by atoms with Gasteiger partial charge in [0.05, 0.1) is 24.6 Å². The summed E-state index contributed by atoms with van der Waals surface area (Å²) in [5, 5.41) is 3.52. The largest absolute Gasteiger partial charge is 0.399 e. The second kappa shape index (κ2) is 6.50. The Kier molecular flexibility index (Phi) is 4.26. The standard InChI is InChI=1S/C17H21N3O/c18-15-5-3-4-14(12-15)13-19-16-6-1-2-7-17(16)20-8-10-21-11-9-20/h1-7,12,19H,8-11,13,18H2. The number of nitrogen functional groups attached to an aromatic ring is 1. The Bertz CT molecular complexity index is 594. The van der Waals surface area contributed by atoms with Crippen LogP contribution in [-0.4, -0.2) is 26.3 Å². The Morgan fingerprint density at radius 1 is 1.05 bits per heavy atom. The van der Waals surface area contributed by atoms with E-state index in [4.69, 9.17) is 10.5 Å². The molecule has 4 heteroatoms. The second-order valence-electron chi connectivity index (χ2n) is 5.22. The Balaban J connectivity index is 1.73. The molecule has 1 saturated heterocycles. The molecule has 110 valence electrons. The summed E-state index contributed by atoms with van der Waals surface area (Å²) in [7, 11) is 0. The molecular formula is C17H21N3O. The number of hydrogen-bond donors (Lipinski definition) is 2. The topological polar surface area (TPSA) is 50.5 Å². The van der Waals surface area contributed by atoms with Crippen LogP contribution in [0.25, 0.3) is 0 Å². The van der Waals surface area contributed by atoms with Crippen molar-refractivity contribution in [3.8, 4) is 0 Å². The highest BCUT2D eigenvalue weighted by Crippen LogP contribution is 2.26. The van der Waals surface area contributed by atoms with Gasteiger partial charge in [-0.15, -0.1) is 0 Å². The summed E-state index contributed by atoms with van der Waals surface area (Å²) in [5.41, 5.74) is 10.2. The van der Waals surface area contributed by atoms with Gasteiger partial charge in [0, 0.05) is 25.3 Å². The number of ether oxygens (including phenoxy) is 1. The first-order chi connectivity index (χ1) is 10.3. The van der Waals surface area contributed by atoms with Crippen LogP contribution in [0.2, 0.25) is 0 Å². The lowest BCUT2D eigenvalue weighted by Gasteiger charge is -2.30. The average molecular weight is 283 g/mol. The van der Waals surface area contributed by atoms with E-state index < -0.39 is 0 Å². The third-order valence-electron chi connectivity index (χ3n) is 3.69. The molecule has 1 heterocycles. The molecule has 2 aromatic rings. The third-order valence-corrected chi connectivity index (χ3v) is 3.69. The van der Waals surface area contributed by atoms with Gasteiger partial charge in [0.2, 0.25) is 0 Å². The lowest BCUT2D eigenvalue weighted by atomic mass is 10.2. The minimum atomic E-state index is 0.770. The molecular weight excluding hydrogens is 262 g/mol. The zero-order chi connectivity index (χ0) is 14.5. The van der Waals surface area contributed by atoms with Crippen LogP contribution in [0.5, 0.6) is 0 Å². The molecule has 0 spiro atoms. The molecule has 0 aromatic heterocycles. The Labute approximate surface area is 125 Å². The van der Waals surface area contributed by atoms with Gasteiger partial charge >= 0.3 is 0 Å². The summed E-state index contributed by atoms with van der Waals surface area (Å²) < 4.78 is 5.43. The Morgan fingerprint density at radius 2 is 1.86 bits per heavy atom. The van der Waals surface area contributed by atoms with Crippen molar-refractivity contribution in [2.24, 2.45) is 0 Å². The zero-order valence-electron chi connectivity index (χ0n) is 12.1. The van der Waals surface area contributed by atoms with Crippen molar-refractivity contribution < 1.29 is 4.74 Å². The summed E-state index contributed by atoms with van der Waals surface area (Å²) in [4.78, 5) is 2.37. The minimum absolute atomic E-state index is 0.770. The van der Waals surface area contributed by atoms with Crippen LogP contribution >= 0.6 is 0 Å². The van der Waals surface area contributed by atoms with Gasteiger partial charge in [0.15, 0.2) is 0 Å². The molecule has 3 N–H and O–H groups in total. The number of nitrogens with zero attached hydrogens (tertiary/aromatic N) is 1. The van der Waals surface area contributed by atoms with Crippen LogP contribution in [0.4, 0.5) is 17.1 Å². The summed E-state index contributed by atoms with van der Waals surface area (Å²) in [6, 6.07) is 16.4. The highest BCUT2D eigenvalue weighted by molar-refractivity contribution is 5.70. The van der Waals surface area contributed by atoms with E-state index in [1.165, 1.54) is 11.3 Å². The number of anilines is 3. The fourth-order valence-electron chi connectivity index (χ4n) is 2.60. The van der Waals surface area contributed by atoms with Gasteiger partial charge in [-0.25, -0.2) is 0 Å². The van der Waals surface area contributed by atoms with Crippen molar-refractivity contribution in [3.63, 3.8) is 0 Å². The average Bonchev–Trinajstić information content (AvgIpc) is 2.54. The molecule has 4 nitrogen and oxygen atoms in total. The van der Waals surface area contributed by atoms with E-state index in [0.29, 0.717) is 0 Å². The summed E-state index contributed by atoms with van der Waals surface area (Å²) in [6.45, 7) is 4.24. The molecule has 0 unspecified atom stereocenters. The van der Waals surface area contributed by atoms with Gasteiger partial charge in [0.25, 0.3) is 0 Å². The number of morpholine rings is 1. The van der Waals surface area contributed by atoms with Crippen molar-refractivity contribution in [2.75, 3.05) is 42.3 Å². The molecule has 0 amide bonds. The van der Waals surface area contributed by atoms with Crippen LogP contribution < -0.4 is 16.0 Å². The van der Waals surface area contributed by atoms with Gasteiger partial charge in [-0.05, 0) is 29.8 Å². The molecule has 2 aromatic carbocycles. The monoisotopic (exact) mass is 283 g/mol. The number of benzene rings is 2. The molecule has 1 fully saturated rings. The van der Waals surface area contributed by atoms with E-state index in [1.54, 1.807) is 0 Å². The predicted molar refractivity (Wildman–Crippen MR) is 87.7 cm³/mol. The highest BCUT2D eigenvalue weighted by atomic mass is 16.5. The van der Waals surface area contributed by atoms with Crippen LogP contribution in [0.3, 0.4) is 0 Å². The number of rotatable bonds is 4. The maximum absolute atomic E-state index is 5.82. The molecule has 21 heavy (non-hydrogen) atoms. The second-order valence-corrected chi connectivity index (χ2v) is 5.22. The highest BCUT2D eigenvalue weighted by Gasteiger charge is 2.14. The van der Waals surface area contributed by atoms with Crippen LogP contribution in [0, 0.1) is 0 Å². The van der Waals surface area contributed by atoms with Crippen molar-refractivity contribution in [1.29, 1.82) is 0 Å². The van der Waals surface area contributed by atoms with Gasteiger partial charge < -0.3 is 20.7 Å². The Hall–Kier alpha value is -2.20. The van der Waals surface area contributed by atoms with Crippen molar-refractivity contribution in [3.05, 3.63) is 54.1 Å². The van der Waals surface area contributed by atoms with Crippen LogP contribution in [0.1, 0.15) is 5.56 Å². The minimum Gasteiger partial charge on any atom is -0.399 e. The van der Waals surface area contributed by atoms with E-state index in [2.05, 4.69) is 40.5 Å². The van der Waals surface area contributed by atoms with Gasteiger partial charge in [0.1, 0.15) is 0 Å². The van der Waals surface area contributed by atoms with Gasteiger partial charge in [-0.1, -0.05) is 24.3 Å². The first-order valence-electron chi connectivity index (χ1n) is 7.33. The lowest BCUT2D eigenvalue weighted by Crippen LogP contribution is -2.36. The van der Waals surface area contributed by atoms with E-state index >= 15 is 0 Å². The van der Waals surface area contributed by atoms with E-state index in [-0.39, 0.29) is 0 Å². The summed E-state index contributed by atoms with van der Waals surface area (Å²) in [6.07, 6.45) is 0. The summed E-state index contributed by atoms with van der Waals surface area (Å²) in [5.74, 6) is 0. The van der Waals surface area contributed by atoms with Gasteiger partial charge in [-0.3, -0.25) is 0 Å². The van der Waals surface area contributed by atoms with E-state index in [0.717, 1.165) is 44.2 Å². The molecule has 0 radical (unpaired) electrons. The SMILES string of the molecule is Nc1cccc(CNc2ccccc2N2CCOCC2)c1. The maximum atomic E-state index is 5.82. The van der Waals surface area contributed by atoms with Gasteiger partial charge in [-0.2, -0.15) is 0 Å². The van der Waals surface area contributed by atoms with E-state index in [9.17, 15) is 0 Å². The molecule has 0 bridgehead atoms. The maximum Gasteiger partial charge on any atom is 0.0642 e. The molecule has 0 atom stereocenters. The Morgan fingerprint density at radius 3 is 2.67 bits per heavy atom. The van der Waals surface area contributed by atoms with Crippen LogP contribution in [-0.2, 0) is 11.3 Å². The van der Waals surface area contributed by atoms with Crippen molar-refractivity contribution in [2.45, 2.75) is 6.54 Å². The zero-order valence-corrected chi connectivity index (χ0v) is 12.1. The number of hydrogen-bond acceptors (Lipinski definition) is 4. The third kappa shape index (κ3) is 3.47. The first-order valence-corrected chi connectivity index (χ1v) is 7.33. The number of nitrogens with two attached hydrogens (primary N) is 1. The van der Waals surface area contributed by atoms with Crippen LogP contribution in [0.15, 0.2) is 48.5 Å². The van der Waals surface area contributed by atoms with Crippen molar-refractivity contribution >= 4 is 17.1 Å².